The number of fused-ring (bicyclic) bond motifs is 1. The van der Waals surface area contributed by atoms with Gasteiger partial charge in [0.05, 0.1) is 14.2 Å². The summed E-state index contributed by atoms with van der Waals surface area (Å²) in [6.45, 7) is 5.26. The zero-order valence-corrected chi connectivity index (χ0v) is 15.1. The van der Waals surface area contributed by atoms with Crippen LogP contribution >= 0.6 is 0 Å². The largest absolute Gasteiger partial charge is 0.496 e. The van der Waals surface area contributed by atoms with Crippen LogP contribution in [-0.4, -0.2) is 42.9 Å². The van der Waals surface area contributed by atoms with Crippen LogP contribution in [-0.2, 0) is 20.7 Å². The van der Waals surface area contributed by atoms with Gasteiger partial charge in [0.2, 0.25) is 0 Å². The zero-order chi connectivity index (χ0) is 18.6. The molecule has 1 heterocycles. The van der Waals surface area contributed by atoms with Gasteiger partial charge in [-0.05, 0) is 38.5 Å². The predicted octanol–water partition coefficient (Wildman–Crippen LogP) is 2.79. The van der Waals surface area contributed by atoms with E-state index < -0.39 is 23.7 Å². The molecule has 0 saturated heterocycles. The van der Waals surface area contributed by atoms with Crippen LogP contribution < -0.4 is 10.1 Å². The Hall–Kier alpha value is -2.70. The molecule has 0 bridgehead atoms. The van der Waals surface area contributed by atoms with Crippen molar-refractivity contribution in [1.29, 1.82) is 0 Å². The summed E-state index contributed by atoms with van der Waals surface area (Å²) < 4.78 is 15.4. The maximum Gasteiger partial charge on any atom is 0.408 e. The van der Waals surface area contributed by atoms with Crippen molar-refractivity contribution < 1.29 is 23.8 Å². The van der Waals surface area contributed by atoms with Crippen LogP contribution in [0.2, 0.25) is 0 Å². The van der Waals surface area contributed by atoms with E-state index in [2.05, 4.69) is 10.3 Å². The number of aromatic nitrogens is 1. The van der Waals surface area contributed by atoms with Gasteiger partial charge in [-0.15, -0.1) is 0 Å². The van der Waals surface area contributed by atoms with Gasteiger partial charge in [-0.2, -0.15) is 0 Å². The normalized spacial score (nSPS) is 12.5. The van der Waals surface area contributed by atoms with E-state index in [1.54, 1.807) is 34.1 Å². The molecule has 0 aliphatic rings. The molecule has 1 aromatic carbocycles. The molecule has 2 aromatic rings. The second-order valence-corrected chi connectivity index (χ2v) is 6.62. The molecule has 0 fully saturated rings. The minimum Gasteiger partial charge on any atom is -0.496 e. The molecule has 25 heavy (non-hydrogen) atoms. The monoisotopic (exact) mass is 348 g/mol. The molecule has 1 amide bonds. The number of amides is 1. The number of hydrogen-bond acceptors (Lipinski definition) is 5. The number of aromatic amines is 1. The topological polar surface area (TPSA) is 89.7 Å². The van der Waals surface area contributed by atoms with Gasteiger partial charge in [0.1, 0.15) is 17.4 Å². The lowest BCUT2D eigenvalue weighted by Gasteiger charge is -2.22. The van der Waals surface area contributed by atoms with E-state index in [0.717, 1.165) is 16.5 Å². The van der Waals surface area contributed by atoms with Crippen LogP contribution in [0, 0.1) is 0 Å². The van der Waals surface area contributed by atoms with Gasteiger partial charge in [0.25, 0.3) is 0 Å². The maximum atomic E-state index is 12.1. The second-order valence-electron chi connectivity index (χ2n) is 6.62. The van der Waals surface area contributed by atoms with Gasteiger partial charge >= 0.3 is 12.1 Å². The Morgan fingerprint density at radius 2 is 1.96 bits per heavy atom. The average molecular weight is 348 g/mol. The van der Waals surface area contributed by atoms with Crippen LogP contribution in [0.3, 0.4) is 0 Å². The van der Waals surface area contributed by atoms with Gasteiger partial charge in [0, 0.05) is 23.5 Å². The van der Waals surface area contributed by atoms with Crippen molar-refractivity contribution in [3.63, 3.8) is 0 Å². The third kappa shape index (κ3) is 4.65. The smallest absolute Gasteiger partial charge is 0.408 e. The van der Waals surface area contributed by atoms with Gasteiger partial charge < -0.3 is 24.5 Å². The molecule has 1 atom stereocenters. The quantitative estimate of drug-likeness (QED) is 0.811. The Morgan fingerprint density at radius 3 is 2.56 bits per heavy atom. The van der Waals surface area contributed by atoms with Gasteiger partial charge in [0.15, 0.2) is 0 Å². The number of esters is 1. The number of rotatable bonds is 5. The number of nitrogens with one attached hydrogen (secondary N) is 2. The van der Waals surface area contributed by atoms with E-state index >= 15 is 0 Å². The minimum absolute atomic E-state index is 0.242. The third-order valence-electron chi connectivity index (χ3n) is 3.57. The van der Waals surface area contributed by atoms with Crippen molar-refractivity contribution in [1.82, 2.24) is 10.3 Å². The van der Waals surface area contributed by atoms with Crippen LogP contribution in [0.1, 0.15) is 26.3 Å². The van der Waals surface area contributed by atoms with E-state index in [4.69, 9.17) is 14.2 Å². The first kappa shape index (κ1) is 18.6. The number of H-pyrrole nitrogens is 1. The van der Waals surface area contributed by atoms with E-state index in [0.29, 0.717) is 5.75 Å². The fraction of sp³-hybridized carbons (Fsp3) is 0.444. The molecule has 0 radical (unpaired) electrons. The molecule has 0 spiro atoms. The highest BCUT2D eigenvalue weighted by atomic mass is 16.6. The van der Waals surface area contributed by atoms with Crippen molar-refractivity contribution in [2.24, 2.45) is 0 Å². The Balaban J connectivity index is 2.26. The van der Waals surface area contributed by atoms with Gasteiger partial charge in [-0.25, -0.2) is 9.59 Å². The standard InChI is InChI=1S/C18H24N2O5/c1-18(2,3)25-17(22)20-13(16(21)24-5)9-11-10-19-12-7-6-8-14(23-4)15(11)12/h6-8,10,13,19H,9H2,1-5H3,(H,20,22)/t13-/m0/s1. The summed E-state index contributed by atoms with van der Waals surface area (Å²) in [5.74, 6) is 0.143. The number of carbonyl (C=O) groups excluding carboxylic acids is 2. The van der Waals surface area contributed by atoms with Gasteiger partial charge in [-0.1, -0.05) is 6.07 Å². The summed E-state index contributed by atoms with van der Waals surface area (Å²) in [4.78, 5) is 27.3. The van der Waals surface area contributed by atoms with Crippen LogP contribution in [0.15, 0.2) is 24.4 Å². The fourth-order valence-corrected chi connectivity index (χ4v) is 2.56. The van der Waals surface area contributed by atoms with Gasteiger partial charge in [-0.3, -0.25) is 0 Å². The summed E-state index contributed by atoms with van der Waals surface area (Å²) in [6.07, 6.45) is 1.36. The Labute approximate surface area is 146 Å². The zero-order valence-electron chi connectivity index (χ0n) is 15.1. The van der Waals surface area contributed by atoms with E-state index in [1.165, 1.54) is 7.11 Å². The van der Waals surface area contributed by atoms with Crippen molar-refractivity contribution in [3.05, 3.63) is 30.0 Å². The highest BCUT2D eigenvalue weighted by Gasteiger charge is 2.26. The SMILES string of the molecule is COC(=O)[C@H](Cc1c[nH]c2cccc(OC)c12)NC(=O)OC(C)(C)C. The number of benzene rings is 1. The third-order valence-corrected chi connectivity index (χ3v) is 3.57. The summed E-state index contributed by atoms with van der Waals surface area (Å²) in [6, 6.07) is 4.76. The number of methoxy groups -OCH3 is 2. The van der Waals surface area contributed by atoms with Crippen molar-refractivity contribution in [2.45, 2.75) is 38.8 Å². The molecule has 136 valence electrons. The molecule has 2 rings (SSSR count). The Bertz CT molecular complexity index is 760. The molecular formula is C18H24N2O5. The molecule has 1 aromatic heterocycles. The lowest BCUT2D eigenvalue weighted by Crippen LogP contribution is -2.45. The lowest BCUT2D eigenvalue weighted by atomic mass is 10.0. The molecule has 0 aliphatic heterocycles. The molecule has 7 nitrogen and oxygen atoms in total. The van der Waals surface area contributed by atoms with Crippen LogP contribution in [0.4, 0.5) is 4.79 Å². The predicted molar refractivity (Wildman–Crippen MR) is 93.7 cm³/mol. The maximum absolute atomic E-state index is 12.1. The van der Waals surface area contributed by atoms with E-state index in [9.17, 15) is 9.59 Å². The first-order chi connectivity index (χ1) is 11.7. The number of ether oxygens (including phenoxy) is 3. The minimum atomic E-state index is -0.872. The number of alkyl carbamates (subject to hydrolysis) is 1. The second kappa shape index (κ2) is 7.46. The molecule has 0 saturated carbocycles. The first-order valence-corrected chi connectivity index (χ1v) is 7.95. The van der Waals surface area contributed by atoms with Crippen molar-refractivity contribution in [3.8, 4) is 5.75 Å². The van der Waals surface area contributed by atoms with Crippen LogP contribution in [0.25, 0.3) is 10.9 Å². The summed E-state index contributed by atoms with van der Waals surface area (Å²) in [7, 11) is 2.87. The fourth-order valence-electron chi connectivity index (χ4n) is 2.56. The Morgan fingerprint density at radius 1 is 1.24 bits per heavy atom. The van der Waals surface area contributed by atoms with E-state index in [-0.39, 0.29) is 6.42 Å². The molecule has 0 unspecified atom stereocenters. The molecule has 2 N–H and O–H groups in total. The molecule has 7 heteroatoms. The molecular weight excluding hydrogens is 324 g/mol. The Kier molecular flexibility index (Phi) is 5.56. The lowest BCUT2D eigenvalue weighted by molar-refractivity contribution is -0.143. The van der Waals surface area contributed by atoms with Crippen molar-refractivity contribution in [2.75, 3.05) is 14.2 Å². The summed E-state index contributed by atoms with van der Waals surface area (Å²) >= 11 is 0. The average Bonchev–Trinajstić information content (AvgIpc) is 2.94. The highest BCUT2D eigenvalue weighted by molar-refractivity contribution is 5.90. The van der Waals surface area contributed by atoms with E-state index in [1.807, 2.05) is 18.2 Å². The number of carbonyl (C=O) groups is 2. The van der Waals surface area contributed by atoms with Crippen LogP contribution in [0.5, 0.6) is 5.75 Å². The molecule has 0 aliphatic carbocycles. The number of hydrogen-bond donors (Lipinski definition) is 2. The highest BCUT2D eigenvalue weighted by Crippen LogP contribution is 2.29. The summed E-state index contributed by atoms with van der Waals surface area (Å²) in [5, 5.41) is 3.44. The summed E-state index contributed by atoms with van der Waals surface area (Å²) in [5.41, 5.74) is 1.06. The van der Waals surface area contributed by atoms with Crippen molar-refractivity contribution >= 4 is 23.0 Å². The first-order valence-electron chi connectivity index (χ1n) is 7.95.